The molecule has 6 heteroatoms. The first-order valence-corrected chi connectivity index (χ1v) is 9.78. The fourth-order valence-electron chi connectivity index (χ4n) is 3.02. The molecule has 2 N–H and O–H groups in total. The Labute approximate surface area is 153 Å². The van der Waals surface area contributed by atoms with E-state index in [-0.39, 0.29) is 22.7 Å². The van der Waals surface area contributed by atoms with Crippen molar-refractivity contribution in [2.24, 2.45) is 0 Å². The SMILES string of the molecule is CCCSC(=O)n1c(N)c(-c2ccccc2C)c(=O)n1C(C)CCC. The molecule has 0 bridgehead atoms. The van der Waals surface area contributed by atoms with Crippen LogP contribution in [0.4, 0.5) is 10.6 Å². The molecule has 2 aromatic rings. The molecule has 0 saturated heterocycles. The van der Waals surface area contributed by atoms with Gasteiger partial charge in [-0.3, -0.25) is 9.59 Å². The minimum Gasteiger partial charge on any atom is -0.383 e. The quantitative estimate of drug-likeness (QED) is 0.811. The second kappa shape index (κ2) is 8.43. The fourth-order valence-corrected chi connectivity index (χ4v) is 3.71. The maximum absolute atomic E-state index is 13.2. The van der Waals surface area contributed by atoms with Gasteiger partial charge in [-0.25, -0.2) is 4.68 Å². The molecule has 0 radical (unpaired) electrons. The number of anilines is 1. The molecule has 1 unspecified atom stereocenters. The summed E-state index contributed by atoms with van der Waals surface area (Å²) in [5.74, 6) is 0.933. The van der Waals surface area contributed by atoms with Crippen molar-refractivity contribution in [2.45, 2.75) is 53.0 Å². The van der Waals surface area contributed by atoms with Crippen LogP contribution in [0.25, 0.3) is 11.1 Å². The Morgan fingerprint density at radius 1 is 1.24 bits per heavy atom. The van der Waals surface area contributed by atoms with Gasteiger partial charge in [-0.05, 0) is 37.8 Å². The molecular formula is C19H27N3O2S. The number of nitrogens with zero attached hydrogens (tertiary/aromatic N) is 2. The Balaban J connectivity index is 2.69. The van der Waals surface area contributed by atoms with Crippen LogP contribution >= 0.6 is 11.8 Å². The van der Waals surface area contributed by atoms with E-state index in [2.05, 4.69) is 6.92 Å². The lowest BCUT2D eigenvalue weighted by Gasteiger charge is -2.17. The lowest BCUT2D eigenvalue weighted by atomic mass is 10.0. The second-order valence-electron chi connectivity index (χ2n) is 6.29. The van der Waals surface area contributed by atoms with Gasteiger partial charge < -0.3 is 5.73 Å². The summed E-state index contributed by atoms with van der Waals surface area (Å²) >= 11 is 1.20. The molecule has 1 aromatic heterocycles. The number of hydrogen-bond donors (Lipinski definition) is 1. The van der Waals surface area contributed by atoms with Crippen molar-refractivity contribution in [3.63, 3.8) is 0 Å². The number of nitrogens with two attached hydrogens (primary N) is 1. The highest BCUT2D eigenvalue weighted by molar-refractivity contribution is 8.13. The lowest BCUT2D eigenvalue weighted by Crippen LogP contribution is -2.29. The third-order valence-electron chi connectivity index (χ3n) is 4.26. The summed E-state index contributed by atoms with van der Waals surface area (Å²) in [6.07, 6.45) is 2.62. The van der Waals surface area contributed by atoms with Crippen LogP contribution in [-0.4, -0.2) is 20.4 Å². The molecule has 0 fully saturated rings. The maximum Gasteiger partial charge on any atom is 0.306 e. The van der Waals surface area contributed by atoms with Gasteiger partial charge >= 0.3 is 5.24 Å². The number of thioether (sulfide) groups is 1. The second-order valence-corrected chi connectivity index (χ2v) is 7.33. The van der Waals surface area contributed by atoms with Crippen LogP contribution < -0.4 is 11.3 Å². The first-order valence-electron chi connectivity index (χ1n) is 8.80. The van der Waals surface area contributed by atoms with Gasteiger partial charge in [0.15, 0.2) is 0 Å². The summed E-state index contributed by atoms with van der Waals surface area (Å²) in [5, 5.41) is -0.195. The van der Waals surface area contributed by atoms with E-state index in [1.807, 2.05) is 45.0 Å². The van der Waals surface area contributed by atoms with E-state index in [4.69, 9.17) is 5.73 Å². The molecule has 1 aromatic carbocycles. The van der Waals surface area contributed by atoms with Crippen LogP contribution in [-0.2, 0) is 0 Å². The minimum absolute atomic E-state index is 0.0938. The standard InChI is InChI=1S/C19H27N3O2S/c1-5-9-14(4)21-18(23)16(15-11-8-7-10-13(15)3)17(20)22(21)19(24)25-12-6-2/h7-8,10-11,14H,5-6,9,12,20H2,1-4H3. The molecule has 0 spiro atoms. The molecule has 0 aliphatic carbocycles. The monoisotopic (exact) mass is 361 g/mol. The highest BCUT2D eigenvalue weighted by atomic mass is 32.2. The van der Waals surface area contributed by atoms with E-state index in [0.717, 1.165) is 30.4 Å². The minimum atomic E-state index is -0.196. The van der Waals surface area contributed by atoms with E-state index < -0.39 is 0 Å². The highest BCUT2D eigenvalue weighted by Gasteiger charge is 2.26. The maximum atomic E-state index is 13.2. The number of rotatable bonds is 6. The summed E-state index contributed by atoms with van der Waals surface area (Å²) in [6, 6.07) is 7.53. The van der Waals surface area contributed by atoms with Crippen LogP contribution in [0.15, 0.2) is 29.1 Å². The average molecular weight is 362 g/mol. The van der Waals surface area contributed by atoms with Gasteiger partial charge in [0.05, 0.1) is 11.6 Å². The predicted molar refractivity (Wildman–Crippen MR) is 106 cm³/mol. The van der Waals surface area contributed by atoms with E-state index in [0.29, 0.717) is 11.3 Å². The number of aryl methyl sites for hydroxylation is 1. The summed E-state index contributed by atoms with van der Waals surface area (Å²) < 4.78 is 2.91. The van der Waals surface area contributed by atoms with Crippen LogP contribution in [0.3, 0.4) is 0 Å². The summed E-state index contributed by atoms with van der Waals surface area (Å²) in [4.78, 5) is 25.9. The topological polar surface area (TPSA) is 70.0 Å². The molecule has 0 aliphatic heterocycles. The van der Waals surface area contributed by atoms with Crippen molar-refractivity contribution in [1.82, 2.24) is 9.36 Å². The molecule has 136 valence electrons. The Bertz CT molecular complexity index is 807. The number of benzene rings is 1. The Hall–Kier alpha value is -1.95. The van der Waals surface area contributed by atoms with Crippen molar-refractivity contribution >= 4 is 22.8 Å². The molecule has 2 rings (SSSR count). The van der Waals surface area contributed by atoms with E-state index >= 15 is 0 Å². The number of nitrogen functional groups attached to an aromatic ring is 1. The molecule has 1 heterocycles. The lowest BCUT2D eigenvalue weighted by molar-refractivity contribution is 0.252. The largest absolute Gasteiger partial charge is 0.383 e. The van der Waals surface area contributed by atoms with Crippen molar-refractivity contribution in [2.75, 3.05) is 11.5 Å². The van der Waals surface area contributed by atoms with Crippen molar-refractivity contribution in [3.8, 4) is 11.1 Å². The third kappa shape index (κ3) is 3.84. The molecule has 0 aliphatic rings. The molecular weight excluding hydrogens is 334 g/mol. The molecule has 5 nitrogen and oxygen atoms in total. The van der Waals surface area contributed by atoms with Gasteiger partial charge in [0, 0.05) is 5.75 Å². The first-order chi connectivity index (χ1) is 11.9. The van der Waals surface area contributed by atoms with E-state index in [9.17, 15) is 9.59 Å². The predicted octanol–water partition coefficient (Wildman–Crippen LogP) is 4.68. The van der Waals surface area contributed by atoms with Gasteiger partial charge in [-0.15, -0.1) is 0 Å². The van der Waals surface area contributed by atoms with Gasteiger partial charge in [0.1, 0.15) is 5.82 Å². The van der Waals surface area contributed by atoms with E-state index in [1.54, 1.807) is 0 Å². The summed E-state index contributed by atoms with van der Waals surface area (Å²) in [6.45, 7) is 7.98. The van der Waals surface area contributed by atoms with Crippen LogP contribution in [0.2, 0.25) is 0 Å². The fraction of sp³-hybridized carbons (Fsp3) is 0.474. The van der Waals surface area contributed by atoms with Gasteiger partial charge in [-0.1, -0.05) is 56.3 Å². The number of aromatic nitrogens is 2. The molecule has 25 heavy (non-hydrogen) atoms. The summed E-state index contributed by atoms with van der Waals surface area (Å²) in [5.41, 5.74) is 8.30. The van der Waals surface area contributed by atoms with Gasteiger partial charge in [0.2, 0.25) is 0 Å². The van der Waals surface area contributed by atoms with Gasteiger partial charge in [0.25, 0.3) is 5.56 Å². The first kappa shape index (κ1) is 19.4. The number of carbonyl (C=O) groups is 1. The summed E-state index contributed by atoms with van der Waals surface area (Å²) in [7, 11) is 0. The molecule has 1 atom stereocenters. The van der Waals surface area contributed by atoms with E-state index in [1.165, 1.54) is 21.1 Å². The molecule has 0 saturated carbocycles. The Morgan fingerprint density at radius 2 is 1.92 bits per heavy atom. The average Bonchev–Trinajstić information content (AvgIpc) is 2.84. The van der Waals surface area contributed by atoms with Crippen LogP contribution in [0, 0.1) is 6.92 Å². The number of carbonyl (C=O) groups excluding carboxylic acids is 1. The third-order valence-corrected chi connectivity index (χ3v) is 5.29. The normalized spacial score (nSPS) is 12.3. The number of hydrogen-bond acceptors (Lipinski definition) is 4. The zero-order chi connectivity index (χ0) is 18.6. The zero-order valence-electron chi connectivity index (χ0n) is 15.4. The highest BCUT2D eigenvalue weighted by Crippen LogP contribution is 2.29. The molecule has 0 amide bonds. The van der Waals surface area contributed by atoms with Crippen molar-refractivity contribution in [3.05, 3.63) is 40.2 Å². The van der Waals surface area contributed by atoms with Crippen molar-refractivity contribution < 1.29 is 4.79 Å². The Kier molecular flexibility index (Phi) is 6.53. The Morgan fingerprint density at radius 3 is 2.52 bits per heavy atom. The zero-order valence-corrected chi connectivity index (χ0v) is 16.2. The van der Waals surface area contributed by atoms with Crippen molar-refractivity contribution in [1.29, 1.82) is 0 Å². The van der Waals surface area contributed by atoms with Crippen LogP contribution in [0.1, 0.15) is 51.6 Å². The van der Waals surface area contributed by atoms with Crippen LogP contribution in [0.5, 0.6) is 0 Å². The van der Waals surface area contributed by atoms with Gasteiger partial charge in [-0.2, -0.15) is 4.68 Å². The smallest absolute Gasteiger partial charge is 0.306 e.